The molecule has 3 N–H and O–H groups in total. The van der Waals surface area contributed by atoms with Crippen molar-refractivity contribution in [3.8, 4) is 0 Å². The second kappa shape index (κ2) is 6.29. The average molecular weight is 289 g/mol. The van der Waals surface area contributed by atoms with Crippen LogP contribution in [0.2, 0.25) is 0 Å². The fourth-order valence-electron chi connectivity index (χ4n) is 1.70. The molecule has 0 fully saturated rings. The molecule has 1 aromatic carbocycles. The first-order valence-electron chi connectivity index (χ1n) is 5.89. The maximum absolute atomic E-state index is 11.6. The summed E-state index contributed by atoms with van der Waals surface area (Å²) in [6.45, 7) is 0. The number of anilines is 3. The lowest BCUT2D eigenvalue weighted by Crippen LogP contribution is -2.09. The fraction of sp³-hybridized carbons (Fsp3) is 0.143. The van der Waals surface area contributed by atoms with E-state index in [-0.39, 0.29) is 5.69 Å². The summed E-state index contributed by atoms with van der Waals surface area (Å²) in [5.74, 6) is -0.0445. The first-order valence-corrected chi connectivity index (χ1v) is 7.12. The highest BCUT2D eigenvalue weighted by Crippen LogP contribution is 2.26. The molecule has 0 radical (unpaired) electrons. The van der Waals surface area contributed by atoms with Crippen LogP contribution in [-0.2, 0) is 4.74 Å². The maximum atomic E-state index is 11.6. The summed E-state index contributed by atoms with van der Waals surface area (Å²) in [5, 5.41) is 3.11. The number of nitrogen functional groups attached to an aromatic ring is 1. The summed E-state index contributed by atoms with van der Waals surface area (Å²) in [4.78, 5) is 16.9. The minimum absolute atomic E-state index is 0.272. The number of nitrogens with one attached hydrogen (secondary N) is 1. The third-order valence-corrected chi connectivity index (χ3v) is 3.45. The standard InChI is InChI=1S/C14H15N3O2S/c1-19-14(18)11-6-7-16-13(12(11)15)17-9-4-3-5-10(8-9)20-2/h3-8H,15H2,1-2H3,(H,16,17). The second-order valence-corrected chi connectivity index (χ2v) is 4.85. The van der Waals surface area contributed by atoms with Crippen LogP contribution in [0.3, 0.4) is 0 Å². The summed E-state index contributed by atoms with van der Waals surface area (Å²) in [6.07, 6.45) is 3.52. The Morgan fingerprint density at radius 3 is 2.90 bits per heavy atom. The molecule has 104 valence electrons. The highest BCUT2D eigenvalue weighted by Gasteiger charge is 2.13. The molecule has 0 amide bonds. The molecule has 2 rings (SSSR count). The monoisotopic (exact) mass is 289 g/mol. The molecule has 0 bridgehead atoms. The number of carbonyl (C=O) groups is 1. The lowest BCUT2D eigenvalue weighted by molar-refractivity contribution is 0.0602. The van der Waals surface area contributed by atoms with Gasteiger partial charge in [0.2, 0.25) is 0 Å². The van der Waals surface area contributed by atoms with Gasteiger partial charge in [0.15, 0.2) is 5.82 Å². The predicted octanol–water partition coefficient (Wildman–Crippen LogP) is 2.92. The summed E-state index contributed by atoms with van der Waals surface area (Å²) in [6, 6.07) is 9.37. The average Bonchev–Trinajstić information content (AvgIpc) is 2.49. The number of pyridine rings is 1. The topological polar surface area (TPSA) is 77.2 Å². The number of hydrogen-bond acceptors (Lipinski definition) is 6. The highest BCUT2D eigenvalue weighted by molar-refractivity contribution is 7.98. The van der Waals surface area contributed by atoms with Crippen molar-refractivity contribution in [2.75, 3.05) is 24.4 Å². The van der Waals surface area contributed by atoms with E-state index in [2.05, 4.69) is 15.0 Å². The zero-order chi connectivity index (χ0) is 14.5. The molecule has 0 unspecified atom stereocenters. The Morgan fingerprint density at radius 2 is 2.20 bits per heavy atom. The number of methoxy groups -OCH3 is 1. The van der Waals surface area contributed by atoms with E-state index in [1.807, 2.05) is 30.5 Å². The van der Waals surface area contributed by atoms with Crippen LogP contribution in [0, 0.1) is 0 Å². The first kappa shape index (κ1) is 14.2. The van der Waals surface area contributed by atoms with Crippen LogP contribution in [0.4, 0.5) is 17.2 Å². The SMILES string of the molecule is COC(=O)c1ccnc(Nc2cccc(SC)c2)c1N. The normalized spacial score (nSPS) is 10.1. The van der Waals surface area contributed by atoms with E-state index < -0.39 is 5.97 Å². The van der Waals surface area contributed by atoms with E-state index in [4.69, 9.17) is 5.73 Å². The molecule has 0 spiro atoms. The van der Waals surface area contributed by atoms with Crippen LogP contribution in [0.5, 0.6) is 0 Å². The smallest absolute Gasteiger partial charge is 0.340 e. The van der Waals surface area contributed by atoms with E-state index in [1.54, 1.807) is 11.8 Å². The quantitative estimate of drug-likeness (QED) is 0.665. The number of carbonyl (C=O) groups excluding carboxylic acids is 1. The van der Waals surface area contributed by atoms with Crippen molar-refractivity contribution in [3.63, 3.8) is 0 Å². The Morgan fingerprint density at radius 1 is 1.40 bits per heavy atom. The zero-order valence-electron chi connectivity index (χ0n) is 11.2. The van der Waals surface area contributed by atoms with Gasteiger partial charge in [-0.1, -0.05) is 6.07 Å². The number of hydrogen-bond donors (Lipinski definition) is 2. The molecule has 1 aromatic heterocycles. The number of rotatable bonds is 4. The molecule has 5 nitrogen and oxygen atoms in total. The van der Waals surface area contributed by atoms with Gasteiger partial charge in [0.25, 0.3) is 0 Å². The van der Waals surface area contributed by atoms with Crippen molar-refractivity contribution < 1.29 is 9.53 Å². The van der Waals surface area contributed by atoms with E-state index in [0.717, 1.165) is 10.6 Å². The van der Waals surface area contributed by atoms with Gasteiger partial charge in [0.05, 0.1) is 18.4 Å². The van der Waals surface area contributed by atoms with Gasteiger partial charge in [0, 0.05) is 16.8 Å². The van der Waals surface area contributed by atoms with E-state index >= 15 is 0 Å². The van der Waals surface area contributed by atoms with Crippen LogP contribution in [0.15, 0.2) is 41.4 Å². The van der Waals surface area contributed by atoms with Gasteiger partial charge in [-0.25, -0.2) is 9.78 Å². The molecule has 0 atom stereocenters. The van der Waals surface area contributed by atoms with Crippen molar-refractivity contribution >= 4 is 34.9 Å². The van der Waals surface area contributed by atoms with Crippen molar-refractivity contribution in [3.05, 3.63) is 42.1 Å². The van der Waals surface area contributed by atoms with Gasteiger partial charge < -0.3 is 15.8 Å². The van der Waals surface area contributed by atoms with Crippen molar-refractivity contribution in [2.24, 2.45) is 0 Å². The fourth-order valence-corrected chi connectivity index (χ4v) is 2.16. The summed E-state index contributed by atoms with van der Waals surface area (Å²) in [5.41, 5.74) is 7.38. The Labute approximate surface area is 121 Å². The zero-order valence-corrected chi connectivity index (χ0v) is 12.0. The van der Waals surface area contributed by atoms with E-state index in [1.165, 1.54) is 19.4 Å². The van der Waals surface area contributed by atoms with Gasteiger partial charge in [-0.15, -0.1) is 11.8 Å². The molecule has 6 heteroatoms. The Bertz CT molecular complexity index is 632. The molecular weight excluding hydrogens is 274 g/mol. The molecule has 0 aliphatic rings. The maximum Gasteiger partial charge on any atom is 0.340 e. The third kappa shape index (κ3) is 3.03. The van der Waals surface area contributed by atoms with Gasteiger partial charge in [0.1, 0.15) is 0 Å². The molecule has 20 heavy (non-hydrogen) atoms. The molecule has 0 saturated heterocycles. The Hall–Kier alpha value is -2.21. The van der Waals surface area contributed by atoms with Gasteiger partial charge in [-0.2, -0.15) is 0 Å². The lowest BCUT2D eigenvalue weighted by Gasteiger charge is -2.11. The molecule has 0 aliphatic carbocycles. The summed E-state index contributed by atoms with van der Waals surface area (Å²) >= 11 is 1.64. The minimum Gasteiger partial charge on any atom is -0.465 e. The first-order chi connectivity index (χ1) is 9.65. The second-order valence-electron chi connectivity index (χ2n) is 3.97. The number of thioether (sulfide) groups is 1. The van der Waals surface area contributed by atoms with Crippen LogP contribution in [0.1, 0.15) is 10.4 Å². The van der Waals surface area contributed by atoms with Crippen LogP contribution >= 0.6 is 11.8 Å². The van der Waals surface area contributed by atoms with Crippen LogP contribution in [0.25, 0.3) is 0 Å². The van der Waals surface area contributed by atoms with Gasteiger partial charge >= 0.3 is 5.97 Å². The molecule has 0 saturated carbocycles. The van der Waals surface area contributed by atoms with Crippen LogP contribution in [-0.4, -0.2) is 24.3 Å². The summed E-state index contributed by atoms with van der Waals surface area (Å²) in [7, 11) is 1.32. The number of esters is 1. The highest BCUT2D eigenvalue weighted by atomic mass is 32.2. The van der Waals surface area contributed by atoms with E-state index in [9.17, 15) is 4.79 Å². The number of benzene rings is 1. The molecule has 1 heterocycles. The minimum atomic E-state index is -0.481. The van der Waals surface area contributed by atoms with Crippen molar-refractivity contribution in [1.82, 2.24) is 4.98 Å². The number of nitrogens with two attached hydrogens (primary N) is 1. The lowest BCUT2D eigenvalue weighted by atomic mass is 10.2. The Balaban J connectivity index is 2.31. The van der Waals surface area contributed by atoms with Crippen LogP contribution < -0.4 is 11.1 Å². The molecule has 0 aliphatic heterocycles. The largest absolute Gasteiger partial charge is 0.465 e. The van der Waals surface area contributed by atoms with Crippen molar-refractivity contribution in [2.45, 2.75) is 4.90 Å². The van der Waals surface area contributed by atoms with Gasteiger partial charge in [-0.3, -0.25) is 0 Å². The number of ether oxygens (including phenoxy) is 1. The Kier molecular flexibility index (Phi) is 4.47. The van der Waals surface area contributed by atoms with Crippen molar-refractivity contribution in [1.29, 1.82) is 0 Å². The third-order valence-electron chi connectivity index (χ3n) is 2.73. The van der Waals surface area contributed by atoms with E-state index in [0.29, 0.717) is 11.4 Å². The predicted molar refractivity (Wildman–Crippen MR) is 81.5 cm³/mol. The summed E-state index contributed by atoms with van der Waals surface area (Å²) < 4.78 is 4.68. The number of aromatic nitrogens is 1. The molecular formula is C14H15N3O2S. The molecule has 2 aromatic rings. The number of nitrogens with zero attached hydrogens (tertiary/aromatic N) is 1. The van der Waals surface area contributed by atoms with Gasteiger partial charge in [-0.05, 0) is 30.5 Å².